The Hall–Kier alpha value is -5.31. The van der Waals surface area contributed by atoms with Crippen molar-refractivity contribution in [2.75, 3.05) is 6.61 Å². The molecule has 220 valence electrons. The van der Waals surface area contributed by atoms with Crippen LogP contribution in [-0.4, -0.2) is 40.3 Å². The summed E-state index contributed by atoms with van der Waals surface area (Å²) in [6.45, 7) is 1.91. The van der Waals surface area contributed by atoms with Crippen LogP contribution in [0.4, 0.5) is 4.39 Å². The average Bonchev–Trinajstić information content (AvgIpc) is 3.03. The van der Waals surface area contributed by atoms with Crippen LogP contribution in [0.5, 0.6) is 17.2 Å². The molecular weight excluding hydrogens is 555 g/mol. The summed E-state index contributed by atoms with van der Waals surface area (Å²) < 4.78 is 25.7. The molecule has 4 rings (SSSR count). The van der Waals surface area contributed by atoms with E-state index in [-0.39, 0.29) is 17.7 Å². The second kappa shape index (κ2) is 14.0. The Morgan fingerprint density at radius 3 is 1.88 bits per heavy atom. The van der Waals surface area contributed by atoms with Gasteiger partial charge in [0.15, 0.2) is 17.3 Å². The van der Waals surface area contributed by atoms with Crippen LogP contribution < -0.4 is 4.74 Å². The first kappa shape index (κ1) is 30.6. The number of esters is 2. The van der Waals surface area contributed by atoms with Crippen molar-refractivity contribution in [1.82, 2.24) is 0 Å². The van der Waals surface area contributed by atoms with Crippen LogP contribution in [0.3, 0.4) is 0 Å². The highest BCUT2D eigenvalue weighted by atomic mass is 19.1. The number of rotatable bonds is 12. The number of phenols is 2. The van der Waals surface area contributed by atoms with Crippen LogP contribution >= 0.6 is 0 Å². The van der Waals surface area contributed by atoms with E-state index in [9.17, 15) is 33.8 Å². The number of halogens is 1. The molecule has 0 bridgehead atoms. The van der Waals surface area contributed by atoms with E-state index in [1.807, 2.05) is 6.92 Å². The van der Waals surface area contributed by atoms with Crippen molar-refractivity contribution in [2.45, 2.75) is 32.6 Å². The maximum atomic E-state index is 14.9. The molecule has 43 heavy (non-hydrogen) atoms. The van der Waals surface area contributed by atoms with Gasteiger partial charge in [0.2, 0.25) is 11.5 Å². The van der Waals surface area contributed by atoms with Crippen molar-refractivity contribution in [1.29, 1.82) is 0 Å². The molecule has 0 fully saturated rings. The number of aromatic hydroxyl groups is 2. The van der Waals surface area contributed by atoms with Crippen LogP contribution in [0.25, 0.3) is 0 Å². The Morgan fingerprint density at radius 2 is 1.26 bits per heavy atom. The van der Waals surface area contributed by atoms with Gasteiger partial charge in [-0.2, -0.15) is 0 Å². The molecule has 0 atom stereocenters. The quantitative estimate of drug-likeness (QED) is 0.0623. The number of benzene rings is 4. The van der Waals surface area contributed by atoms with Crippen molar-refractivity contribution in [3.63, 3.8) is 0 Å². The molecule has 0 radical (unpaired) electrons. The van der Waals surface area contributed by atoms with E-state index in [0.717, 1.165) is 31.4 Å². The first-order valence-corrected chi connectivity index (χ1v) is 13.7. The van der Waals surface area contributed by atoms with Crippen molar-refractivity contribution in [3.05, 3.63) is 124 Å². The summed E-state index contributed by atoms with van der Waals surface area (Å²) in [5.41, 5.74) is -2.88. The van der Waals surface area contributed by atoms with Gasteiger partial charge in [-0.3, -0.25) is 9.59 Å². The topological polar surface area (TPSA) is 127 Å². The molecule has 0 aliphatic rings. The summed E-state index contributed by atoms with van der Waals surface area (Å²) >= 11 is 0. The van der Waals surface area contributed by atoms with Crippen LogP contribution in [0.2, 0.25) is 0 Å². The second-order valence-electron chi connectivity index (χ2n) is 9.61. The molecule has 0 amide bonds. The lowest BCUT2D eigenvalue weighted by Gasteiger charge is -2.20. The van der Waals surface area contributed by atoms with Crippen molar-refractivity contribution >= 4 is 23.5 Å². The minimum Gasteiger partial charge on any atom is -0.504 e. The lowest BCUT2D eigenvalue weighted by molar-refractivity contribution is 0.0489. The Kier molecular flexibility index (Phi) is 10.0. The van der Waals surface area contributed by atoms with Gasteiger partial charge in [0.1, 0.15) is 5.82 Å². The predicted molar refractivity (Wildman–Crippen MR) is 155 cm³/mol. The summed E-state index contributed by atoms with van der Waals surface area (Å²) in [5, 5.41) is 22.3. The van der Waals surface area contributed by atoms with Crippen molar-refractivity contribution in [2.24, 2.45) is 0 Å². The second-order valence-corrected chi connectivity index (χ2v) is 9.61. The fraction of sp³-hybridized carbons (Fsp3) is 0.176. The van der Waals surface area contributed by atoms with Crippen molar-refractivity contribution in [3.8, 4) is 17.2 Å². The molecular formula is C34H29FO8. The monoisotopic (exact) mass is 584 g/mol. The van der Waals surface area contributed by atoms with Gasteiger partial charge in [-0.25, -0.2) is 14.0 Å². The molecule has 9 heteroatoms. The predicted octanol–water partition coefficient (Wildman–Crippen LogP) is 6.66. The van der Waals surface area contributed by atoms with E-state index in [0.29, 0.717) is 6.42 Å². The SMILES string of the molecule is CCCCCCOC(=O)c1c(C(=O)c2ccccc2)c(O)c(O)c(OC(=O)c2ccccc2)c1C(=O)c1ccccc1F. The first-order chi connectivity index (χ1) is 20.8. The van der Waals surface area contributed by atoms with Crippen molar-refractivity contribution < 1.29 is 43.3 Å². The smallest absolute Gasteiger partial charge is 0.343 e. The van der Waals surface area contributed by atoms with Crippen LogP contribution in [-0.2, 0) is 4.74 Å². The molecule has 4 aromatic carbocycles. The molecule has 2 N–H and O–H groups in total. The van der Waals surface area contributed by atoms with Gasteiger partial charge < -0.3 is 19.7 Å². The van der Waals surface area contributed by atoms with Crippen LogP contribution in [0.15, 0.2) is 84.9 Å². The highest BCUT2D eigenvalue weighted by Gasteiger charge is 2.38. The third kappa shape index (κ3) is 6.78. The standard InChI is InChI=1S/C34H29FO8/c1-2-3-4-13-20-42-34(41)25-26(28(36)21-14-7-5-8-15-21)30(38)31(39)32(43-33(40)22-16-9-6-10-17-22)27(25)29(37)23-18-11-12-19-24(23)35/h5-12,14-19,38-39H,2-4,13,20H2,1H3. The van der Waals surface area contributed by atoms with Gasteiger partial charge in [-0.05, 0) is 30.7 Å². The third-order valence-corrected chi connectivity index (χ3v) is 6.65. The Labute approximate surface area is 247 Å². The maximum absolute atomic E-state index is 14.9. The lowest BCUT2D eigenvalue weighted by atomic mass is 9.88. The van der Waals surface area contributed by atoms with E-state index in [2.05, 4.69) is 0 Å². The molecule has 0 saturated heterocycles. The van der Waals surface area contributed by atoms with Crippen LogP contribution in [0.1, 0.15) is 85.2 Å². The summed E-state index contributed by atoms with van der Waals surface area (Å²) in [6.07, 6.45) is 3.01. The maximum Gasteiger partial charge on any atom is 0.343 e. The fourth-order valence-electron chi connectivity index (χ4n) is 4.45. The Balaban J connectivity index is 1.99. The van der Waals surface area contributed by atoms with Gasteiger partial charge in [-0.1, -0.05) is 86.8 Å². The minimum absolute atomic E-state index is 0.00696. The molecule has 0 spiro atoms. The van der Waals surface area contributed by atoms with E-state index in [4.69, 9.17) is 9.47 Å². The largest absolute Gasteiger partial charge is 0.504 e. The summed E-state index contributed by atoms with van der Waals surface area (Å²) in [4.78, 5) is 54.5. The molecule has 8 nitrogen and oxygen atoms in total. The highest BCUT2D eigenvalue weighted by Crippen LogP contribution is 2.46. The first-order valence-electron chi connectivity index (χ1n) is 13.7. The zero-order valence-electron chi connectivity index (χ0n) is 23.3. The lowest BCUT2D eigenvalue weighted by Crippen LogP contribution is -2.22. The van der Waals surface area contributed by atoms with E-state index in [1.165, 1.54) is 48.5 Å². The molecule has 0 aliphatic heterocycles. The molecule has 0 aromatic heterocycles. The molecule has 0 saturated carbocycles. The number of hydrogen-bond acceptors (Lipinski definition) is 8. The minimum atomic E-state index is -1.21. The molecule has 0 unspecified atom stereocenters. The highest BCUT2D eigenvalue weighted by molar-refractivity contribution is 6.24. The number of carbonyl (C=O) groups excluding carboxylic acids is 4. The molecule has 4 aromatic rings. The Morgan fingerprint density at radius 1 is 0.651 bits per heavy atom. The van der Waals surface area contributed by atoms with Gasteiger partial charge in [0, 0.05) is 5.56 Å². The van der Waals surface area contributed by atoms with Crippen LogP contribution in [0, 0.1) is 5.82 Å². The van der Waals surface area contributed by atoms with Gasteiger partial charge in [-0.15, -0.1) is 0 Å². The number of ketones is 2. The third-order valence-electron chi connectivity index (χ3n) is 6.65. The summed E-state index contributed by atoms with van der Waals surface area (Å²) in [7, 11) is 0. The zero-order chi connectivity index (χ0) is 30.9. The number of carbonyl (C=O) groups is 4. The summed E-state index contributed by atoms with van der Waals surface area (Å²) in [6, 6.07) is 19.9. The normalized spacial score (nSPS) is 10.7. The number of unbranched alkanes of at least 4 members (excludes halogenated alkanes) is 3. The van der Waals surface area contributed by atoms with Gasteiger partial charge >= 0.3 is 11.9 Å². The zero-order valence-corrected chi connectivity index (χ0v) is 23.3. The Bertz CT molecular complexity index is 1650. The number of ether oxygens (including phenoxy) is 2. The van der Waals surface area contributed by atoms with E-state index >= 15 is 0 Å². The summed E-state index contributed by atoms with van der Waals surface area (Å²) in [5.74, 6) is -8.58. The fourth-order valence-corrected chi connectivity index (χ4v) is 4.45. The van der Waals surface area contributed by atoms with E-state index in [1.54, 1.807) is 24.3 Å². The molecule has 0 aliphatic carbocycles. The number of hydrogen-bond donors (Lipinski definition) is 2. The average molecular weight is 585 g/mol. The number of phenolic OH excluding ortho intramolecular Hbond substituents is 2. The van der Waals surface area contributed by atoms with E-state index < -0.39 is 68.8 Å². The van der Waals surface area contributed by atoms with Gasteiger partial charge in [0.25, 0.3) is 0 Å². The molecule has 0 heterocycles. The van der Waals surface area contributed by atoms with Gasteiger partial charge in [0.05, 0.1) is 34.4 Å².